The van der Waals surface area contributed by atoms with Gasteiger partial charge in [0.1, 0.15) is 11.9 Å². The average Bonchev–Trinajstić information content (AvgIpc) is 3.11. The summed E-state index contributed by atoms with van der Waals surface area (Å²) >= 11 is 1.48. The molecule has 0 N–H and O–H groups in total. The van der Waals surface area contributed by atoms with Gasteiger partial charge in [-0.25, -0.2) is 4.98 Å². The Morgan fingerprint density at radius 3 is 2.85 bits per heavy atom. The van der Waals surface area contributed by atoms with E-state index in [1.807, 2.05) is 53.6 Å². The summed E-state index contributed by atoms with van der Waals surface area (Å²) in [7, 11) is 0. The molecule has 1 aliphatic heterocycles. The molecule has 6 heteroatoms. The molecule has 136 valence electrons. The number of nitriles is 1. The molecular formula is C21H20N4OS. The van der Waals surface area contributed by atoms with Crippen LogP contribution >= 0.6 is 11.3 Å². The van der Waals surface area contributed by atoms with Crippen LogP contribution in [0, 0.1) is 18.3 Å². The lowest BCUT2D eigenvalue weighted by molar-refractivity contribution is 0.0772. The maximum Gasteiger partial charge on any atom is 0.263 e. The van der Waals surface area contributed by atoms with Crippen LogP contribution in [0.1, 0.15) is 27.2 Å². The molecule has 0 atom stereocenters. The van der Waals surface area contributed by atoms with Crippen LogP contribution in [0.5, 0.6) is 0 Å². The smallest absolute Gasteiger partial charge is 0.263 e. The Balaban J connectivity index is 1.60. The minimum atomic E-state index is 0.0921. The molecule has 3 aromatic rings. The number of aromatic nitrogens is 1. The standard InChI is InChI=1S/C21H20N4OS/c1-15-5-6-16-13-17(14-22)20(23-18(16)12-15)24-7-3-8-25(10-9-24)21(26)19-4-2-11-27-19/h2,4-6,11-13H,3,7-10H2,1H3. The zero-order valence-electron chi connectivity index (χ0n) is 15.2. The number of carbonyl (C=O) groups excluding carboxylic acids is 1. The molecule has 0 unspecified atom stereocenters. The minimum absolute atomic E-state index is 0.0921. The molecule has 0 bridgehead atoms. The van der Waals surface area contributed by atoms with Crippen molar-refractivity contribution in [3.63, 3.8) is 0 Å². The first kappa shape index (κ1) is 17.5. The minimum Gasteiger partial charge on any atom is -0.354 e. The van der Waals surface area contributed by atoms with Crippen LogP contribution in [0.3, 0.4) is 0 Å². The van der Waals surface area contributed by atoms with Gasteiger partial charge in [-0.1, -0.05) is 18.2 Å². The number of anilines is 1. The molecule has 4 rings (SSSR count). The Bertz CT molecular complexity index is 1020. The molecule has 5 nitrogen and oxygen atoms in total. The van der Waals surface area contributed by atoms with Crippen molar-refractivity contribution in [2.45, 2.75) is 13.3 Å². The van der Waals surface area contributed by atoms with Gasteiger partial charge in [0, 0.05) is 31.6 Å². The van der Waals surface area contributed by atoms with Gasteiger partial charge in [0.2, 0.25) is 0 Å². The summed E-state index contributed by atoms with van der Waals surface area (Å²) in [6.07, 6.45) is 0.857. The van der Waals surface area contributed by atoms with Gasteiger partial charge in [-0.3, -0.25) is 4.79 Å². The van der Waals surface area contributed by atoms with E-state index in [9.17, 15) is 10.1 Å². The first-order chi connectivity index (χ1) is 13.2. The van der Waals surface area contributed by atoms with E-state index in [4.69, 9.17) is 4.98 Å². The highest BCUT2D eigenvalue weighted by Gasteiger charge is 2.23. The fourth-order valence-corrected chi connectivity index (χ4v) is 4.17. The predicted molar refractivity (Wildman–Crippen MR) is 108 cm³/mol. The highest BCUT2D eigenvalue weighted by Crippen LogP contribution is 2.25. The topological polar surface area (TPSA) is 60.2 Å². The summed E-state index contributed by atoms with van der Waals surface area (Å²) in [6, 6.07) is 14.1. The van der Waals surface area contributed by atoms with E-state index in [1.54, 1.807) is 0 Å². The number of fused-ring (bicyclic) bond motifs is 1. The Morgan fingerprint density at radius 1 is 1.19 bits per heavy atom. The van der Waals surface area contributed by atoms with Crippen LogP contribution < -0.4 is 4.90 Å². The molecule has 0 radical (unpaired) electrons. The van der Waals surface area contributed by atoms with Crippen molar-refractivity contribution in [2.75, 3.05) is 31.1 Å². The largest absolute Gasteiger partial charge is 0.354 e. The maximum absolute atomic E-state index is 12.6. The third-order valence-corrected chi connectivity index (χ3v) is 5.75. The average molecular weight is 376 g/mol. The van der Waals surface area contributed by atoms with Crippen molar-refractivity contribution in [3.8, 4) is 6.07 Å². The quantitative estimate of drug-likeness (QED) is 0.682. The molecule has 3 heterocycles. The molecule has 1 fully saturated rings. The number of nitrogens with zero attached hydrogens (tertiary/aromatic N) is 4. The summed E-state index contributed by atoms with van der Waals surface area (Å²) in [5.74, 6) is 0.815. The molecule has 1 aromatic carbocycles. The Morgan fingerprint density at radius 2 is 2.07 bits per heavy atom. The van der Waals surface area contributed by atoms with Crippen molar-refractivity contribution >= 4 is 34.0 Å². The van der Waals surface area contributed by atoms with Crippen LogP contribution in [-0.2, 0) is 0 Å². The Kier molecular flexibility index (Phi) is 4.78. The highest BCUT2D eigenvalue weighted by atomic mass is 32.1. The van der Waals surface area contributed by atoms with Crippen molar-refractivity contribution in [1.29, 1.82) is 5.26 Å². The van der Waals surface area contributed by atoms with Crippen molar-refractivity contribution in [2.24, 2.45) is 0 Å². The van der Waals surface area contributed by atoms with Crippen molar-refractivity contribution < 1.29 is 4.79 Å². The lowest BCUT2D eigenvalue weighted by atomic mass is 10.1. The zero-order chi connectivity index (χ0) is 18.8. The number of aryl methyl sites for hydroxylation is 1. The van der Waals surface area contributed by atoms with Crippen molar-refractivity contribution in [1.82, 2.24) is 9.88 Å². The van der Waals surface area contributed by atoms with Crippen LogP contribution in [-0.4, -0.2) is 42.0 Å². The van der Waals surface area contributed by atoms with Gasteiger partial charge in [0.15, 0.2) is 0 Å². The van der Waals surface area contributed by atoms with Crippen LogP contribution in [0.25, 0.3) is 10.9 Å². The summed E-state index contributed by atoms with van der Waals surface area (Å²) < 4.78 is 0. The fourth-order valence-electron chi connectivity index (χ4n) is 3.48. The molecule has 27 heavy (non-hydrogen) atoms. The first-order valence-corrected chi connectivity index (χ1v) is 9.93. The first-order valence-electron chi connectivity index (χ1n) is 9.05. The van der Waals surface area contributed by atoms with Crippen LogP contribution in [0.2, 0.25) is 0 Å². The molecule has 1 amide bonds. The summed E-state index contributed by atoms with van der Waals surface area (Å²) in [5.41, 5.74) is 2.64. The maximum atomic E-state index is 12.6. The van der Waals surface area contributed by atoms with E-state index in [2.05, 4.69) is 11.0 Å². The van der Waals surface area contributed by atoms with Gasteiger partial charge in [0.25, 0.3) is 5.91 Å². The zero-order valence-corrected chi connectivity index (χ0v) is 16.0. The number of thiophene rings is 1. The molecular weight excluding hydrogens is 356 g/mol. The number of hydrogen-bond donors (Lipinski definition) is 0. The van der Waals surface area contributed by atoms with Crippen LogP contribution in [0.15, 0.2) is 41.8 Å². The molecule has 2 aromatic heterocycles. The second-order valence-corrected chi connectivity index (χ2v) is 7.73. The van der Waals surface area contributed by atoms with Gasteiger partial charge < -0.3 is 9.80 Å². The summed E-state index contributed by atoms with van der Waals surface area (Å²) in [6.45, 7) is 4.86. The third-order valence-electron chi connectivity index (χ3n) is 4.89. The number of carbonyl (C=O) groups is 1. The fraction of sp³-hybridized carbons (Fsp3) is 0.286. The lowest BCUT2D eigenvalue weighted by Gasteiger charge is -2.23. The van der Waals surface area contributed by atoms with Gasteiger partial charge in [-0.2, -0.15) is 5.26 Å². The molecule has 1 aliphatic rings. The second kappa shape index (κ2) is 7.37. The number of amides is 1. The molecule has 1 saturated heterocycles. The van der Waals surface area contributed by atoms with E-state index in [0.29, 0.717) is 18.7 Å². The normalized spacial score (nSPS) is 14.8. The van der Waals surface area contributed by atoms with Gasteiger partial charge in [0.05, 0.1) is 16.0 Å². The lowest BCUT2D eigenvalue weighted by Crippen LogP contribution is -2.35. The third kappa shape index (κ3) is 3.51. The predicted octanol–water partition coefficient (Wildman–Crippen LogP) is 3.83. The number of benzene rings is 1. The second-order valence-electron chi connectivity index (χ2n) is 6.78. The molecule has 0 spiro atoms. The van der Waals surface area contributed by atoms with Crippen LogP contribution in [0.4, 0.5) is 5.82 Å². The van der Waals surface area contributed by atoms with E-state index >= 15 is 0 Å². The number of hydrogen-bond acceptors (Lipinski definition) is 5. The molecule has 0 aliphatic carbocycles. The summed E-state index contributed by atoms with van der Waals surface area (Å²) in [4.78, 5) is 22.3. The highest BCUT2D eigenvalue weighted by molar-refractivity contribution is 7.12. The van der Waals surface area contributed by atoms with Gasteiger partial charge in [-0.05, 0) is 42.5 Å². The Hall–Kier alpha value is -2.91. The monoisotopic (exact) mass is 376 g/mol. The number of rotatable bonds is 2. The van der Waals surface area contributed by atoms with E-state index in [1.165, 1.54) is 11.3 Å². The molecule has 0 saturated carbocycles. The van der Waals surface area contributed by atoms with E-state index in [-0.39, 0.29) is 5.91 Å². The van der Waals surface area contributed by atoms with Gasteiger partial charge in [-0.15, -0.1) is 11.3 Å². The van der Waals surface area contributed by atoms with E-state index < -0.39 is 0 Å². The summed E-state index contributed by atoms with van der Waals surface area (Å²) in [5, 5.41) is 12.5. The Labute approximate surface area is 162 Å². The van der Waals surface area contributed by atoms with Crippen molar-refractivity contribution in [3.05, 3.63) is 57.8 Å². The van der Waals surface area contributed by atoms with E-state index in [0.717, 1.165) is 46.7 Å². The SMILES string of the molecule is Cc1ccc2cc(C#N)c(N3CCCN(C(=O)c4cccs4)CC3)nc2c1. The van der Waals surface area contributed by atoms with Gasteiger partial charge >= 0.3 is 0 Å². The number of pyridine rings is 1.